The van der Waals surface area contributed by atoms with Crippen molar-refractivity contribution in [3.8, 4) is 0 Å². The number of likely N-dealkylation sites (N-methyl/N-ethyl adjacent to an activating group) is 1. The number of hydrogen-bond donors (Lipinski definition) is 0. The standard InChI is InChI=1S/C7H14BN2.3C4H9.Sn/c1-9(2)6-5-7(8)10(3)4;3*1-3-4-2;/h6H2,1-4H3;3*1,3-4H2,2H3;. The second-order valence-electron chi connectivity index (χ2n) is 7.59. The molecular formula is C19H41BN2Sn. The van der Waals surface area contributed by atoms with Crippen LogP contribution in [0.2, 0.25) is 13.3 Å². The third-order valence-corrected chi connectivity index (χ3v) is 21.0. The molecule has 0 aliphatic rings. The molecule has 0 spiro atoms. The molecule has 0 amide bonds. The van der Waals surface area contributed by atoms with Crippen molar-refractivity contribution in [2.45, 2.75) is 72.6 Å². The van der Waals surface area contributed by atoms with E-state index in [1.807, 2.05) is 0 Å². The zero-order chi connectivity index (χ0) is 17.9. The Labute approximate surface area is 152 Å². The first-order chi connectivity index (χ1) is 10.8. The third kappa shape index (κ3) is 8.33. The van der Waals surface area contributed by atoms with Crippen LogP contribution in [0.15, 0.2) is 9.19 Å². The Morgan fingerprint density at radius 2 is 1.17 bits per heavy atom. The van der Waals surface area contributed by atoms with Gasteiger partial charge in [0.05, 0.1) is 0 Å². The van der Waals surface area contributed by atoms with E-state index >= 15 is 0 Å². The number of hydrogen-bond acceptors (Lipinski definition) is 2. The molecule has 0 unspecified atom stereocenters. The van der Waals surface area contributed by atoms with E-state index in [1.54, 1.807) is 3.59 Å². The minimum atomic E-state index is -2.42. The van der Waals surface area contributed by atoms with Gasteiger partial charge < -0.3 is 0 Å². The van der Waals surface area contributed by atoms with Crippen LogP contribution >= 0.6 is 0 Å². The van der Waals surface area contributed by atoms with Crippen molar-refractivity contribution < 1.29 is 0 Å². The Kier molecular flexibility index (Phi) is 12.9. The van der Waals surface area contributed by atoms with E-state index in [-0.39, 0.29) is 0 Å². The van der Waals surface area contributed by atoms with Crippen molar-refractivity contribution in [2.24, 2.45) is 0 Å². The summed E-state index contributed by atoms with van der Waals surface area (Å²) in [4.78, 5) is 4.50. The molecule has 134 valence electrons. The van der Waals surface area contributed by atoms with E-state index in [9.17, 15) is 0 Å². The van der Waals surface area contributed by atoms with Crippen molar-refractivity contribution >= 4 is 26.2 Å². The van der Waals surface area contributed by atoms with Gasteiger partial charge in [-0.25, -0.2) is 0 Å². The number of unbranched alkanes of at least 4 members (excludes halogenated alkanes) is 3. The first-order valence-electron chi connectivity index (χ1n) is 9.65. The van der Waals surface area contributed by atoms with E-state index in [4.69, 9.17) is 7.85 Å². The Morgan fingerprint density at radius 1 is 0.783 bits per heavy atom. The van der Waals surface area contributed by atoms with Gasteiger partial charge in [-0.05, 0) is 0 Å². The second-order valence-corrected chi connectivity index (χ2v) is 20.9. The predicted molar refractivity (Wildman–Crippen MR) is 110 cm³/mol. The third-order valence-electron chi connectivity index (χ3n) is 4.93. The first-order valence-corrected chi connectivity index (χ1v) is 17.1. The zero-order valence-electron chi connectivity index (χ0n) is 17.0. The molecule has 4 heteroatoms. The summed E-state index contributed by atoms with van der Waals surface area (Å²) in [5.74, 6) is 0. The van der Waals surface area contributed by atoms with E-state index in [0.29, 0.717) is 0 Å². The fourth-order valence-corrected chi connectivity index (χ4v) is 21.1. The summed E-state index contributed by atoms with van der Waals surface area (Å²) in [5.41, 5.74) is 1.08. The van der Waals surface area contributed by atoms with Crippen LogP contribution in [-0.4, -0.2) is 70.8 Å². The van der Waals surface area contributed by atoms with Gasteiger partial charge in [0.1, 0.15) is 0 Å². The molecule has 0 bridgehead atoms. The predicted octanol–water partition coefficient (Wildman–Crippen LogP) is 4.88. The Bertz CT molecular complexity index is 318. The van der Waals surface area contributed by atoms with Gasteiger partial charge in [-0.1, -0.05) is 0 Å². The van der Waals surface area contributed by atoms with Crippen LogP contribution in [0.25, 0.3) is 0 Å². The molecule has 0 rings (SSSR count). The molecule has 2 nitrogen and oxygen atoms in total. The van der Waals surface area contributed by atoms with Gasteiger partial charge in [-0.2, -0.15) is 0 Å². The van der Waals surface area contributed by atoms with Gasteiger partial charge in [0.25, 0.3) is 0 Å². The second kappa shape index (κ2) is 12.7. The monoisotopic (exact) mass is 428 g/mol. The topological polar surface area (TPSA) is 6.48 Å². The molecule has 0 aliphatic heterocycles. The molecular weight excluding hydrogens is 386 g/mol. The minimum absolute atomic E-state index is 1.07. The molecule has 0 saturated carbocycles. The Balaban J connectivity index is 5.85. The van der Waals surface area contributed by atoms with Gasteiger partial charge in [0, 0.05) is 0 Å². The Hall–Kier alpha value is 0.364. The number of rotatable bonds is 13. The fraction of sp³-hybridized carbons (Fsp3) is 0.895. The molecule has 0 fully saturated rings. The van der Waals surface area contributed by atoms with Crippen LogP contribution in [0.1, 0.15) is 59.3 Å². The van der Waals surface area contributed by atoms with Crippen LogP contribution in [0.4, 0.5) is 0 Å². The maximum absolute atomic E-state index is 6.64. The summed E-state index contributed by atoms with van der Waals surface area (Å²) >= 11 is -2.42. The molecule has 0 aromatic heterocycles. The molecule has 0 aliphatic carbocycles. The van der Waals surface area contributed by atoms with Crippen molar-refractivity contribution in [2.75, 3.05) is 34.7 Å². The first kappa shape index (κ1) is 23.4. The molecule has 0 atom stereocenters. The average molecular weight is 427 g/mol. The van der Waals surface area contributed by atoms with Crippen LogP contribution in [0.5, 0.6) is 0 Å². The molecule has 0 aromatic carbocycles. The van der Waals surface area contributed by atoms with Crippen molar-refractivity contribution in [3.05, 3.63) is 9.19 Å². The van der Waals surface area contributed by atoms with Crippen LogP contribution < -0.4 is 0 Å². The summed E-state index contributed by atoms with van der Waals surface area (Å²) in [7, 11) is 15.3. The number of nitrogens with zero attached hydrogens (tertiary/aromatic N) is 2. The Morgan fingerprint density at radius 3 is 1.43 bits per heavy atom. The van der Waals surface area contributed by atoms with Crippen LogP contribution in [0, 0.1) is 0 Å². The van der Waals surface area contributed by atoms with Gasteiger partial charge in [0.15, 0.2) is 0 Å². The van der Waals surface area contributed by atoms with Gasteiger partial charge in [0.2, 0.25) is 0 Å². The van der Waals surface area contributed by atoms with E-state index in [0.717, 1.165) is 12.1 Å². The molecule has 0 N–H and O–H groups in total. The van der Waals surface area contributed by atoms with Gasteiger partial charge >= 0.3 is 153 Å². The summed E-state index contributed by atoms with van der Waals surface area (Å²) in [5, 5.41) is 0. The molecule has 0 aromatic rings. The van der Waals surface area contributed by atoms with E-state index < -0.39 is 18.4 Å². The quantitative estimate of drug-likeness (QED) is 0.387. The fourth-order valence-electron chi connectivity index (χ4n) is 3.48. The van der Waals surface area contributed by atoms with Crippen molar-refractivity contribution in [3.63, 3.8) is 0 Å². The van der Waals surface area contributed by atoms with Crippen LogP contribution in [-0.2, 0) is 0 Å². The van der Waals surface area contributed by atoms with Crippen LogP contribution in [0.3, 0.4) is 0 Å². The summed E-state index contributed by atoms with van der Waals surface area (Å²) < 4.78 is 6.15. The van der Waals surface area contributed by atoms with Gasteiger partial charge in [-0.3, -0.25) is 0 Å². The zero-order valence-corrected chi connectivity index (χ0v) is 19.9. The molecule has 2 radical (unpaired) electrons. The molecule has 0 saturated heterocycles. The summed E-state index contributed by atoms with van der Waals surface area (Å²) in [6.45, 7) is 8.07. The molecule has 0 heterocycles. The van der Waals surface area contributed by atoms with Crippen molar-refractivity contribution in [1.29, 1.82) is 0 Å². The SMILES string of the molecule is [B]C(=[C](CN(C)C)[Sn]([CH2]CCC)([CH2]CCC)[CH2]CCC)N(C)C. The maximum atomic E-state index is 6.64. The normalized spacial score (nSPS) is 13.4. The van der Waals surface area contributed by atoms with Crippen molar-refractivity contribution in [1.82, 2.24) is 9.80 Å². The van der Waals surface area contributed by atoms with Gasteiger partial charge in [-0.15, -0.1) is 0 Å². The van der Waals surface area contributed by atoms with E-state index in [2.05, 4.69) is 58.8 Å². The summed E-state index contributed by atoms with van der Waals surface area (Å²) in [6.07, 6.45) is 8.11. The summed E-state index contributed by atoms with van der Waals surface area (Å²) in [6, 6.07) is 0. The molecule has 23 heavy (non-hydrogen) atoms. The average Bonchev–Trinajstić information content (AvgIpc) is 2.51. The van der Waals surface area contributed by atoms with E-state index in [1.165, 1.54) is 51.8 Å².